The fraction of sp³-hybridized carbons (Fsp3) is 0.370. The lowest BCUT2D eigenvalue weighted by Crippen LogP contribution is -2.50. The minimum atomic E-state index is -4.10. The number of benzene rings is 2. The van der Waals surface area contributed by atoms with Gasteiger partial charge in [-0.2, -0.15) is 8.42 Å². The number of urea groups is 1. The molecule has 0 unspecified atom stereocenters. The lowest BCUT2D eigenvalue weighted by molar-refractivity contribution is 0.0373. The number of aliphatic hydroxyl groups excluding tert-OH is 1. The summed E-state index contributed by atoms with van der Waals surface area (Å²) >= 11 is 0. The van der Waals surface area contributed by atoms with Crippen molar-refractivity contribution in [3.63, 3.8) is 0 Å². The van der Waals surface area contributed by atoms with Crippen LogP contribution in [-0.2, 0) is 17.1 Å². The molecule has 0 bridgehead atoms. The number of rotatable bonds is 8. The third-order valence-corrected chi connectivity index (χ3v) is 7.97. The van der Waals surface area contributed by atoms with E-state index in [4.69, 9.17) is 4.74 Å². The molecule has 3 amide bonds. The molecule has 1 aliphatic heterocycles. The van der Waals surface area contributed by atoms with Crippen LogP contribution >= 0.6 is 0 Å². The number of fused-ring (bicyclic) bond motifs is 1. The molecule has 1 aliphatic rings. The molecule has 0 fully saturated rings. The fourth-order valence-electron chi connectivity index (χ4n) is 4.36. The largest absolute Gasteiger partial charge is 0.485 e. The summed E-state index contributed by atoms with van der Waals surface area (Å²) in [6.07, 6.45) is 2.09. The molecule has 3 N–H and O–H groups in total. The molecule has 1 aromatic heterocycles. The zero-order valence-electron chi connectivity index (χ0n) is 22.8. The molecule has 0 aliphatic carbocycles. The Labute approximate surface area is 233 Å². The van der Waals surface area contributed by atoms with Crippen molar-refractivity contribution in [1.82, 2.24) is 19.4 Å². The average Bonchev–Trinajstić information content (AvgIpc) is 3.38. The number of sulfonamides is 1. The van der Waals surface area contributed by atoms with E-state index in [-0.39, 0.29) is 53.7 Å². The highest BCUT2D eigenvalue weighted by Gasteiger charge is 2.35. The van der Waals surface area contributed by atoms with Gasteiger partial charge >= 0.3 is 6.03 Å². The van der Waals surface area contributed by atoms with Gasteiger partial charge in [0.2, 0.25) is 0 Å². The van der Waals surface area contributed by atoms with Gasteiger partial charge in [0.25, 0.3) is 15.9 Å². The number of nitrogens with zero attached hydrogens (tertiary/aromatic N) is 4. The molecule has 3 atom stereocenters. The van der Waals surface area contributed by atoms with E-state index in [9.17, 15) is 23.1 Å². The number of aryl methyl sites for hydroxylation is 1. The van der Waals surface area contributed by atoms with Crippen molar-refractivity contribution in [2.45, 2.75) is 31.0 Å². The van der Waals surface area contributed by atoms with E-state index in [1.807, 2.05) is 25.1 Å². The zero-order valence-corrected chi connectivity index (χ0v) is 23.6. The molecule has 3 aromatic rings. The Kier molecular flexibility index (Phi) is 8.64. The van der Waals surface area contributed by atoms with Gasteiger partial charge in [-0.3, -0.25) is 9.52 Å². The lowest BCUT2D eigenvalue weighted by Gasteiger charge is -2.38. The van der Waals surface area contributed by atoms with Crippen LogP contribution in [0.3, 0.4) is 0 Å². The Bertz CT molecular complexity index is 1460. The van der Waals surface area contributed by atoms with Gasteiger partial charge in [-0.1, -0.05) is 31.2 Å². The zero-order chi connectivity index (χ0) is 29.0. The van der Waals surface area contributed by atoms with Crippen molar-refractivity contribution < 1.29 is 27.9 Å². The summed E-state index contributed by atoms with van der Waals surface area (Å²) < 4.78 is 36.6. The molecule has 2 heterocycles. The minimum Gasteiger partial charge on any atom is -0.485 e. The number of carbonyl (C=O) groups is 2. The van der Waals surface area contributed by atoms with E-state index in [2.05, 4.69) is 15.0 Å². The van der Waals surface area contributed by atoms with Crippen molar-refractivity contribution >= 4 is 33.3 Å². The van der Waals surface area contributed by atoms with Gasteiger partial charge in [0.15, 0.2) is 10.8 Å². The van der Waals surface area contributed by atoms with Gasteiger partial charge in [-0.25, -0.2) is 9.78 Å². The van der Waals surface area contributed by atoms with E-state index in [0.29, 0.717) is 5.69 Å². The van der Waals surface area contributed by atoms with Crippen LogP contribution in [0.5, 0.6) is 5.75 Å². The number of amides is 3. The number of carbonyl (C=O) groups excluding carboxylic acids is 2. The average molecular weight is 571 g/mol. The van der Waals surface area contributed by atoms with E-state index >= 15 is 0 Å². The van der Waals surface area contributed by atoms with Crippen LogP contribution in [0, 0.1) is 5.92 Å². The van der Waals surface area contributed by atoms with Gasteiger partial charge in [0, 0.05) is 38.4 Å². The molecule has 0 radical (unpaired) electrons. The normalized spacial score (nSPS) is 18.1. The number of hydrogen-bond donors (Lipinski definition) is 3. The Hall–Kier alpha value is -4.10. The number of aliphatic hydroxyl groups is 1. The number of nitrogens with one attached hydrogen (secondary N) is 2. The van der Waals surface area contributed by atoms with E-state index in [1.165, 1.54) is 28.1 Å². The number of para-hydroxylation sites is 2. The van der Waals surface area contributed by atoms with Crippen LogP contribution in [0.2, 0.25) is 0 Å². The van der Waals surface area contributed by atoms with Crippen molar-refractivity contribution in [1.29, 1.82) is 0 Å². The summed E-state index contributed by atoms with van der Waals surface area (Å²) in [4.78, 5) is 33.5. The van der Waals surface area contributed by atoms with Crippen molar-refractivity contribution in [2.24, 2.45) is 13.0 Å². The Morgan fingerprint density at radius 3 is 2.60 bits per heavy atom. The maximum atomic E-state index is 13.6. The number of aromatic nitrogens is 2. The van der Waals surface area contributed by atoms with Crippen LogP contribution in [0.4, 0.5) is 16.2 Å². The SMILES string of the molecule is C[C@H](CO)N1C[C@H](C)[C@H](CN(C)C(=O)Nc2ccccc2)Oc2c(NS(=O)(=O)c3cn(C)cn3)cccc2C1=O. The molecule has 13 heteroatoms. The second kappa shape index (κ2) is 12.0. The number of hydrogen-bond acceptors (Lipinski definition) is 7. The second-order valence-electron chi connectivity index (χ2n) is 9.96. The molecule has 0 spiro atoms. The number of likely N-dealkylation sites (N-methyl/N-ethyl adjacent to an activating group) is 1. The van der Waals surface area contributed by atoms with Crippen LogP contribution < -0.4 is 14.8 Å². The Morgan fingerprint density at radius 1 is 1.23 bits per heavy atom. The van der Waals surface area contributed by atoms with Crippen molar-refractivity contribution in [3.05, 3.63) is 66.6 Å². The first-order valence-electron chi connectivity index (χ1n) is 12.8. The van der Waals surface area contributed by atoms with E-state index in [1.54, 1.807) is 50.2 Å². The highest BCUT2D eigenvalue weighted by Crippen LogP contribution is 2.36. The molecular formula is C27H34N6O6S. The number of imidazole rings is 1. The Balaban J connectivity index is 1.69. The first kappa shape index (κ1) is 28.9. The summed E-state index contributed by atoms with van der Waals surface area (Å²) in [7, 11) is -0.823. The first-order chi connectivity index (χ1) is 19.0. The quantitative estimate of drug-likeness (QED) is 0.377. The molecule has 4 rings (SSSR count). The molecular weight excluding hydrogens is 536 g/mol. The van der Waals surface area contributed by atoms with E-state index in [0.717, 1.165) is 0 Å². The third-order valence-electron chi connectivity index (χ3n) is 6.72. The maximum Gasteiger partial charge on any atom is 0.321 e. The van der Waals surface area contributed by atoms with Crippen LogP contribution in [0.25, 0.3) is 0 Å². The summed E-state index contributed by atoms with van der Waals surface area (Å²) in [6.45, 7) is 3.74. The molecule has 2 aromatic carbocycles. The fourth-order valence-corrected chi connectivity index (χ4v) is 5.41. The highest BCUT2D eigenvalue weighted by molar-refractivity contribution is 7.92. The summed E-state index contributed by atoms with van der Waals surface area (Å²) in [5, 5.41) is 12.5. The minimum absolute atomic E-state index is 0.0376. The van der Waals surface area contributed by atoms with Gasteiger partial charge in [-0.05, 0) is 31.2 Å². The smallest absolute Gasteiger partial charge is 0.321 e. The predicted molar refractivity (Wildman–Crippen MR) is 150 cm³/mol. The first-order valence-corrected chi connectivity index (χ1v) is 14.3. The summed E-state index contributed by atoms with van der Waals surface area (Å²) in [6, 6.07) is 12.8. The second-order valence-corrected chi connectivity index (χ2v) is 11.6. The van der Waals surface area contributed by atoms with Crippen LogP contribution in [0.15, 0.2) is 66.1 Å². The van der Waals surface area contributed by atoms with Gasteiger partial charge in [-0.15, -0.1) is 0 Å². The van der Waals surface area contributed by atoms with Crippen molar-refractivity contribution in [2.75, 3.05) is 36.8 Å². The number of anilines is 2. The molecule has 12 nitrogen and oxygen atoms in total. The van der Waals surface area contributed by atoms with Gasteiger partial charge in [0.1, 0.15) is 6.10 Å². The van der Waals surface area contributed by atoms with E-state index < -0.39 is 28.1 Å². The Morgan fingerprint density at radius 2 is 1.95 bits per heavy atom. The molecule has 0 saturated heterocycles. The van der Waals surface area contributed by atoms with Gasteiger partial charge in [0.05, 0.1) is 36.8 Å². The maximum absolute atomic E-state index is 13.6. The summed E-state index contributed by atoms with van der Waals surface area (Å²) in [5.74, 6) is -0.662. The monoisotopic (exact) mass is 570 g/mol. The summed E-state index contributed by atoms with van der Waals surface area (Å²) in [5.41, 5.74) is 0.828. The van der Waals surface area contributed by atoms with Crippen LogP contribution in [-0.4, -0.2) is 83.7 Å². The molecule has 214 valence electrons. The predicted octanol–water partition coefficient (Wildman–Crippen LogP) is 2.60. The highest BCUT2D eigenvalue weighted by atomic mass is 32.2. The molecule has 40 heavy (non-hydrogen) atoms. The topological polar surface area (TPSA) is 146 Å². The standard InChI is InChI=1S/C27H34N6O6S/c1-18-13-33(19(2)16-34)26(35)21-11-8-12-22(30-40(37,38)24-15-31(3)17-28-24)25(21)39-23(18)14-32(4)27(36)29-20-9-6-5-7-10-20/h5-12,15,17-19,23,30,34H,13-14,16H2,1-4H3,(H,29,36)/t18-,19+,23-/m0/s1. The van der Waals surface area contributed by atoms with Crippen molar-refractivity contribution in [3.8, 4) is 5.75 Å². The molecule has 0 saturated carbocycles. The lowest BCUT2D eigenvalue weighted by atomic mass is 9.99. The number of ether oxygens (including phenoxy) is 1. The third kappa shape index (κ3) is 6.37. The van der Waals surface area contributed by atoms with Gasteiger partial charge < -0.3 is 29.5 Å². The van der Waals surface area contributed by atoms with Crippen LogP contribution in [0.1, 0.15) is 24.2 Å².